The van der Waals surface area contributed by atoms with Crippen LogP contribution >= 0.6 is 11.6 Å². The van der Waals surface area contributed by atoms with Gasteiger partial charge in [0, 0.05) is 25.4 Å². The standard InChI is InChI=1S/C15H22ClNO/c1-3-11-17(12-10-16)15(18)9-8-14-7-5-4-6-13(14)2/h4-7H,3,8-12H2,1-2H3. The molecule has 0 aliphatic rings. The third-order valence-corrected chi connectivity index (χ3v) is 3.24. The van der Waals surface area contributed by atoms with Crippen LogP contribution in [-0.2, 0) is 11.2 Å². The van der Waals surface area contributed by atoms with Gasteiger partial charge in [0.15, 0.2) is 0 Å². The Morgan fingerprint density at radius 3 is 2.61 bits per heavy atom. The van der Waals surface area contributed by atoms with Crippen LogP contribution in [0.15, 0.2) is 24.3 Å². The summed E-state index contributed by atoms with van der Waals surface area (Å²) in [6, 6.07) is 8.23. The minimum atomic E-state index is 0.209. The van der Waals surface area contributed by atoms with Crippen LogP contribution in [0.25, 0.3) is 0 Å². The van der Waals surface area contributed by atoms with Gasteiger partial charge in [0.2, 0.25) is 5.91 Å². The molecule has 0 saturated carbocycles. The highest BCUT2D eigenvalue weighted by Crippen LogP contribution is 2.10. The van der Waals surface area contributed by atoms with E-state index in [0.717, 1.165) is 19.4 Å². The molecule has 1 rings (SSSR count). The number of carbonyl (C=O) groups excluding carboxylic acids is 1. The van der Waals surface area contributed by atoms with Crippen LogP contribution in [0.1, 0.15) is 30.9 Å². The summed E-state index contributed by atoms with van der Waals surface area (Å²) in [7, 11) is 0. The van der Waals surface area contributed by atoms with Gasteiger partial charge in [-0.25, -0.2) is 0 Å². The highest BCUT2D eigenvalue weighted by atomic mass is 35.5. The second kappa shape index (κ2) is 8.15. The lowest BCUT2D eigenvalue weighted by molar-refractivity contribution is -0.130. The Balaban J connectivity index is 2.51. The smallest absolute Gasteiger partial charge is 0.222 e. The Morgan fingerprint density at radius 1 is 1.28 bits per heavy atom. The van der Waals surface area contributed by atoms with Gasteiger partial charge in [0.05, 0.1) is 0 Å². The molecular formula is C15H22ClNO. The van der Waals surface area contributed by atoms with Crippen molar-refractivity contribution >= 4 is 17.5 Å². The Hall–Kier alpha value is -1.02. The average molecular weight is 268 g/mol. The number of hydrogen-bond donors (Lipinski definition) is 0. The molecule has 0 heterocycles. The number of alkyl halides is 1. The van der Waals surface area contributed by atoms with Crippen LogP contribution in [0, 0.1) is 6.92 Å². The summed E-state index contributed by atoms with van der Waals surface area (Å²) in [6.45, 7) is 5.62. The van der Waals surface area contributed by atoms with Crippen molar-refractivity contribution < 1.29 is 4.79 Å². The predicted octanol–water partition coefficient (Wildman–Crippen LogP) is 3.41. The van der Waals surface area contributed by atoms with E-state index in [2.05, 4.69) is 26.0 Å². The average Bonchev–Trinajstić information content (AvgIpc) is 2.37. The first-order valence-corrected chi connectivity index (χ1v) is 7.10. The minimum Gasteiger partial charge on any atom is -0.342 e. The van der Waals surface area contributed by atoms with E-state index in [1.807, 2.05) is 17.0 Å². The fourth-order valence-electron chi connectivity index (χ4n) is 2.02. The Morgan fingerprint density at radius 2 is 2.00 bits per heavy atom. The first kappa shape index (κ1) is 15.0. The Labute approximate surface area is 115 Å². The van der Waals surface area contributed by atoms with Gasteiger partial charge in [-0.2, -0.15) is 0 Å². The molecule has 3 heteroatoms. The maximum atomic E-state index is 12.1. The molecule has 1 amide bonds. The number of benzene rings is 1. The van der Waals surface area contributed by atoms with Crippen molar-refractivity contribution in [2.24, 2.45) is 0 Å². The number of carbonyl (C=O) groups is 1. The van der Waals surface area contributed by atoms with Gasteiger partial charge in [-0.3, -0.25) is 4.79 Å². The van der Waals surface area contributed by atoms with Gasteiger partial charge in [0.25, 0.3) is 0 Å². The van der Waals surface area contributed by atoms with Crippen molar-refractivity contribution in [1.82, 2.24) is 4.90 Å². The Kier molecular flexibility index (Phi) is 6.81. The van der Waals surface area contributed by atoms with E-state index in [1.165, 1.54) is 11.1 Å². The zero-order valence-corrected chi connectivity index (χ0v) is 12.0. The topological polar surface area (TPSA) is 20.3 Å². The van der Waals surface area contributed by atoms with Crippen molar-refractivity contribution in [3.63, 3.8) is 0 Å². The van der Waals surface area contributed by atoms with Crippen LogP contribution in [-0.4, -0.2) is 29.8 Å². The lowest BCUT2D eigenvalue weighted by atomic mass is 10.0. The van der Waals surface area contributed by atoms with E-state index < -0.39 is 0 Å². The maximum absolute atomic E-state index is 12.1. The van der Waals surface area contributed by atoms with Crippen molar-refractivity contribution in [2.45, 2.75) is 33.1 Å². The molecule has 0 aliphatic heterocycles. The van der Waals surface area contributed by atoms with Crippen molar-refractivity contribution in [1.29, 1.82) is 0 Å². The molecule has 0 bridgehead atoms. The molecule has 0 aromatic heterocycles. The number of aryl methyl sites for hydroxylation is 2. The summed E-state index contributed by atoms with van der Waals surface area (Å²) < 4.78 is 0. The summed E-state index contributed by atoms with van der Waals surface area (Å²) in [6.07, 6.45) is 2.36. The molecular weight excluding hydrogens is 246 g/mol. The molecule has 0 atom stereocenters. The molecule has 100 valence electrons. The van der Waals surface area contributed by atoms with Gasteiger partial charge in [0.1, 0.15) is 0 Å². The van der Waals surface area contributed by atoms with Gasteiger partial charge >= 0.3 is 0 Å². The van der Waals surface area contributed by atoms with Gasteiger partial charge in [-0.05, 0) is 30.9 Å². The van der Waals surface area contributed by atoms with Gasteiger partial charge < -0.3 is 4.90 Å². The molecule has 0 unspecified atom stereocenters. The molecule has 0 saturated heterocycles. The van der Waals surface area contributed by atoms with Crippen LogP contribution in [0.5, 0.6) is 0 Å². The summed E-state index contributed by atoms with van der Waals surface area (Å²) >= 11 is 5.72. The predicted molar refractivity (Wildman–Crippen MR) is 77.1 cm³/mol. The summed E-state index contributed by atoms with van der Waals surface area (Å²) in [4.78, 5) is 13.9. The summed E-state index contributed by atoms with van der Waals surface area (Å²) in [5.74, 6) is 0.719. The molecule has 1 aromatic rings. The monoisotopic (exact) mass is 267 g/mol. The number of rotatable bonds is 7. The zero-order chi connectivity index (χ0) is 13.4. The number of nitrogens with zero attached hydrogens (tertiary/aromatic N) is 1. The van der Waals surface area contributed by atoms with Crippen LogP contribution in [0.3, 0.4) is 0 Å². The molecule has 0 N–H and O–H groups in total. The number of amides is 1. The third kappa shape index (κ3) is 4.69. The second-order valence-electron chi connectivity index (χ2n) is 4.50. The largest absolute Gasteiger partial charge is 0.342 e. The summed E-state index contributed by atoms with van der Waals surface area (Å²) in [5.41, 5.74) is 2.51. The van der Waals surface area contributed by atoms with E-state index in [4.69, 9.17) is 11.6 Å². The normalized spacial score (nSPS) is 10.4. The van der Waals surface area contributed by atoms with Crippen molar-refractivity contribution in [3.8, 4) is 0 Å². The maximum Gasteiger partial charge on any atom is 0.222 e. The fraction of sp³-hybridized carbons (Fsp3) is 0.533. The molecule has 0 fully saturated rings. The summed E-state index contributed by atoms with van der Waals surface area (Å²) in [5, 5.41) is 0. The van der Waals surface area contributed by atoms with Gasteiger partial charge in [-0.1, -0.05) is 31.2 Å². The van der Waals surface area contributed by atoms with Crippen LogP contribution in [0.4, 0.5) is 0 Å². The van der Waals surface area contributed by atoms with Crippen molar-refractivity contribution in [3.05, 3.63) is 35.4 Å². The lowest BCUT2D eigenvalue weighted by Gasteiger charge is -2.21. The first-order valence-electron chi connectivity index (χ1n) is 6.57. The number of halogens is 1. The zero-order valence-electron chi connectivity index (χ0n) is 11.3. The quantitative estimate of drug-likeness (QED) is 0.694. The highest BCUT2D eigenvalue weighted by Gasteiger charge is 2.12. The van der Waals surface area contributed by atoms with Crippen LogP contribution < -0.4 is 0 Å². The van der Waals surface area contributed by atoms with Gasteiger partial charge in [-0.15, -0.1) is 11.6 Å². The second-order valence-corrected chi connectivity index (χ2v) is 4.87. The molecule has 1 aromatic carbocycles. The fourth-order valence-corrected chi connectivity index (χ4v) is 2.23. The molecule has 0 spiro atoms. The van der Waals surface area contributed by atoms with E-state index in [0.29, 0.717) is 18.8 Å². The molecule has 18 heavy (non-hydrogen) atoms. The third-order valence-electron chi connectivity index (χ3n) is 3.07. The molecule has 2 nitrogen and oxygen atoms in total. The van der Waals surface area contributed by atoms with E-state index >= 15 is 0 Å². The van der Waals surface area contributed by atoms with Crippen LogP contribution in [0.2, 0.25) is 0 Å². The number of hydrogen-bond acceptors (Lipinski definition) is 1. The first-order chi connectivity index (χ1) is 8.69. The minimum absolute atomic E-state index is 0.209. The molecule has 0 aliphatic carbocycles. The highest BCUT2D eigenvalue weighted by molar-refractivity contribution is 6.18. The molecule has 0 radical (unpaired) electrons. The van der Waals surface area contributed by atoms with E-state index in [-0.39, 0.29) is 5.91 Å². The van der Waals surface area contributed by atoms with E-state index in [1.54, 1.807) is 0 Å². The van der Waals surface area contributed by atoms with E-state index in [9.17, 15) is 4.79 Å². The Bertz CT molecular complexity index is 373. The van der Waals surface area contributed by atoms with Crippen molar-refractivity contribution in [2.75, 3.05) is 19.0 Å². The SMILES string of the molecule is CCCN(CCCl)C(=O)CCc1ccccc1C. The lowest BCUT2D eigenvalue weighted by Crippen LogP contribution is -2.33.